The number of aromatic carboxylic acids is 1. The molecule has 2 aliphatic heterocycles. The van der Waals surface area contributed by atoms with Crippen molar-refractivity contribution < 1.29 is 9.90 Å². The molecule has 0 amide bonds. The monoisotopic (exact) mass is 325 g/mol. The second-order valence-corrected chi connectivity index (χ2v) is 6.36. The van der Waals surface area contributed by atoms with Gasteiger partial charge in [0.2, 0.25) is 0 Å². The van der Waals surface area contributed by atoms with Gasteiger partial charge in [0.05, 0.1) is 17.4 Å². The lowest BCUT2D eigenvalue weighted by Gasteiger charge is -2.25. The average molecular weight is 325 g/mol. The molecule has 2 fully saturated rings. The van der Waals surface area contributed by atoms with Crippen LogP contribution in [0.15, 0.2) is 54.9 Å². The van der Waals surface area contributed by atoms with Crippen LogP contribution in [0.5, 0.6) is 0 Å². The third-order valence-electron chi connectivity index (χ3n) is 4.72. The lowest BCUT2D eigenvalue weighted by atomic mass is 9.97. The van der Waals surface area contributed by atoms with Gasteiger partial charge >= 0.3 is 5.97 Å². The Morgan fingerprint density at radius 3 is 2.58 bits per heavy atom. The van der Waals surface area contributed by atoms with E-state index in [2.05, 4.69) is 21.3 Å². The quantitative estimate of drug-likeness (QED) is 0.889. The minimum atomic E-state index is -0.879. The Bertz CT molecular complexity index is 655. The first-order valence-corrected chi connectivity index (χ1v) is 8.37. The highest BCUT2D eigenvalue weighted by molar-refractivity contribution is 5.87. The summed E-state index contributed by atoms with van der Waals surface area (Å²) >= 11 is 0. The van der Waals surface area contributed by atoms with Crippen LogP contribution in [0.4, 0.5) is 5.69 Å². The van der Waals surface area contributed by atoms with Crippen LogP contribution in [0.1, 0.15) is 29.6 Å². The van der Waals surface area contributed by atoms with Gasteiger partial charge in [0.25, 0.3) is 0 Å². The predicted octanol–water partition coefficient (Wildman–Crippen LogP) is 2.80. The smallest absolute Gasteiger partial charge is 0.335 e. The maximum absolute atomic E-state index is 10.2. The fourth-order valence-corrected chi connectivity index (χ4v) is 3.43. The van der Waals surface area contributed by atoms with Gasteiger partial charge in [-0.1, -0.05) is 18.2 Å². The van der Waals surface area contributed by atoms with Crippen molar-refractivity contribution in [2.45, 2.75) is 24.8 Å². The van der Waals surface area contributed by atoms with Crippen LogP contribution in [-0.4, -0.2) is 41.2 Å². The number of carboxylic acids is 1. The van der Waals surface area contributed by atoms with Gasteiger partial charge in [-0.3, -0.25) is 4.98 Å². The fraction of sp³-hybridized carbons (Fsp3) is 0.368. The Balaban J connectivity index is 0.000000162. The van der Waals surface area contributed by atoms with E-state index < -0.39 is 5.97 Å². The molecule has 1 aromatic carbocycles. The van der Waals surface area contributed by atoms with Crippen LogP contribution >= 0.6 is 0 Å². The summed E-state index contributed by atoms with van der Waals surface area (Å²) < 4.78 is 0. The molecule has 0 radical (unpaired) electrons. The first-order chi connectivity index (χ1) is 11.7. The van der Waals surface area contributed by atoms with Crippen LogP contribution < -0.4 is 10.2 Å². The number of pyridine rings is 1. The molecule has 126 valence electrons. The van der Waals surface area contributed by atoms with Crippen LogP contribution in [0.25, 0.3) is 0 Å². The zero-order valence-electron chi connectivity index (χ0n) is 13.7. The first kappa shape index (κ1) is 16.5. The number of rotatable bonds is 2. The largest absolute Gasteiger partial charge is 0.478 e. The Morgan fingerprint density at radius 2 is 2.00 bits per heavy atom. The Kier molecular flexibility index (Phi) is 5.11. The third-order valence-corrected chi connectivity index (χ3v) is 4.72. The number of hydrogen-bond acceptors (Lipinski definition) is 4. The number of aromatic nitrogens is 1. The van der Waals surface area contributed by atoms with E-state index >= 15 is 0 Å². The third kappa shape index (κ3) is 3.92. The van der Waals surface area contributed by atoms with Gasteiger partial charge < -0.3 is 15.3 Å². The molecular formula is C19H23N3O2. The van der Waals surface area contributed by atoms with E-state index in [1.54, 1.807) is 30.3 Å². The van der Waals surface area contributed by atoms with Crippen LogP contribution in [0.2, 0.25) is 0 Å². The Hall–Kier alpha value is -2.40. The summed E-state index contributed by atoms with van der Waals surface area (Å²) in [7, 11) is 0. The summed E-state index contributed by atoms with van der Waals surface area (Å²) in [5, 5.41) is 12.1. The summed E-state index contributed by atoms with van der Waals surface area (Å²) in [6.45, 7) is 3.51. The highest BCUT2D eigenvalue weighted by Gasteiger charge is 2.39. The predicted molar refractivity (Wildman–Crippen MR) is 94.4 cm³/mol. The van der Waals surface area contributed by atoms with E-state index in [1.165, 1.54) is 38.0 Å². The minimum Gasteiger partial charge on any atom is -0.478 e. The molecule has 0 bridgehead atoms. The van der Waals surface area contributed by atoms with Crippen molar-refractivity contribution in [2.75, 3.05) is 24.5 Å². The normalized spacial score (nSPS) is 22.2. The standard InChI is InChI=1S/C12H17N3.C7H6O2/c1-3-11(9-13-6-1)15-8-5-12(10-15)4-2-7-14-12;8-7(9)6-4-2-1-3-5-6/h1,3,6,9,14H,2,4-5,7-8,10H2;1-5H,(H,8,9)/t12-;/m0./s1. The highest BCUT2D eigenvalue weighted by Crippen LogP contribution is 2.32. The van der Waals surface area contributed by atoms with Gasteiger partial charge in [0, 0.05) is 24.8 Å². The molecule has 1 aromatic heterocycles. The van der Waals surface area contributed by atoms with E-state index in [9.17, 15) is 4.79 Å². The van der Waals surface area contributed by atoms with E-state index in [1.807, 2.05) is 18.5 Å². The minimum absolute atomic E-state index is 0.331. The molecule has 2 aromatic rings. The topological polar surface area (TPSA) is 65.5 Å². The number of nitrogens with zero attached hydrogens (tertiary/aromatic N) is 2. The molecule has 5 nitrogen and oxygen atoms in total. The van der Waals surface area contributed by atoms with E-state index in [4.69, 9.17) is 5.11 Å². The van der Waals surface area contributed by atoms with Gasteiger partial charge in [-0.05, 0) is 50.1 Å². The van der Waals surface area contributed by atoms with Gasteiger partial charge in [-0.2, -0.15) is 0 Å². The van der Waals surface area contributed by atoms with Crippen LogP contribution in [-0.2, 0) is 0 Å². The second kappa shape index (κ2) is 7.45. The van der Waals surface area contributed by atoms with Crippen LogP contribution in [0.3, 0.4) is 0 Å². The summed E-state index contributed by atoms with van der Waals surface area (Å²) in [6.07, 6.45) is 7.75. The first-order valence-electron chi connectivity index (χ1n) is 8.37. The molecule has 2 aliphatic rings. The Morgan fingerprint density at radius 1 is 1.17 bits per heavy atom. The van der Waals surface area contributed by atoms with Crippen molar-refractivity contribution in [1.29, 1.82) is 0 Å². The van der Waals surface area contributed by atoms with E-state index in [0.717, 1.165) is 6.54 Å². The number of nitrogens with one attached hydrogen (secondary N) is 1. The van der Waals surface area contributed by atoms with Crippen molar-refractivity contribution in [2.24, 2.45) is 0 Å². The summed E-state index contributed by atoms with van der Waals surface area (Å²) in [5.41, 5.74) is 2.01. The average Bonchev–Trinajstić information content (AvgIpc) is 3.27. The van der Waals surface area contributed by atoms with Crippen molar-refractivity contribution in [3.05, 3.63) is 60.4 Å². The molecular weight excluding hydrogens is 302 g/mol. The molecule has 1 spiro atoms. The number of anilines is 1. The van der Waals surface area contributed by atoms with Gasteiger partial charge in [0.1, 0.15) is 0 Å². The summed E-state index contributed by atoms with van der Waals surface area (Å²) in [5.74, 6) is -0.879. The van der Waals surface area contributed by atoms with Crippen molar-refractivity contribution in [3.63, 3.8) is 0 Å². The second-order valence-electron chi connectivity index (χ2n) is 6.36. The fourth-order valence-electron chi connectivity index (χ4n) is 3.43. The maximum Gasteiger partial charge on any atom is 0.335 e. The molecule has 2 N–H and O–H groups in total. The number of benzene rings is 1. The maximum atomic E-state index is 10.2. The van der Waals surface area contributed by atoms with Crippen molar-refractivity contribution in [3.8, 4) is 0 Å². The number of hydrogen-bond donors (Lipinski definition) is 2. The molecule has 24 heavy (non-hydrogen) atoms. The molecule has 5 heteroatoms. The van der Waals surface area contributed by atoms with Gasteiger partial charge in [0.15, 0.2) is 0 Å². The van der Waals surface area contributed by atoms with E-state index in [-0.39, 0.29) is 0 Å². The lowest BCUT2D eigenvalue weighted by Crippen LogP contribution is -2.42. The SMILES string of the molecule is O=C(O)c1ccccc1.c1cncc(N2CC[C@@]3(CCCN3)C2)c1. The number of carboxylic acid groups (broad SMARTS) is 1. The zero-order valence-corrected chi connectivity index (χ0v) is 13.7. The lowest BCUT2D eigenvalue weighted by molar-refractivity contribution is 0.0697. The molecule has 2 saturated heterocycles. The molecule has 1 atom stereocenters. The van der Waals surface area contributed by atoms with Gasteiger partial charge in [-0.15, -0.1) is 0 Å². The molecule has 0 aliphatic carbocycles. The molecule has 4 rings (SSSR count). The Labute approximate surface area is 142 Å². The van der Waals surface area contributed by atoms with Gasteiger partial charge in [-0.25, -0.2) is 4.79 Å². The highest BCUT2D eigenvalue weighted by atomic mass is 16.4. The molecule has 0 unspecified atom stereocenters. The van der Waals surface area contributed by atoms with Crippen molar-refractivity contribution in [1.82, 2.24) is 10.3 Å². The summed E-state index contributed by atoms with van der Waals surface area (Å²) in [4.78, 5) is 16.8. The zero-order chi connectivity index (χ0) is 16.8. The van der Waals surface area contributed by atoms with E-state index in [0.29, 0.717) is 11.1 Å². The van der Waals surface area contributed by atoms with Crippen molar-refractivity contribution >= 4 is 11.7 Å². The number of carbonyl (C=O) groups is 1. The molecule has 0 saturated carbocycles. The van der Waals surface area contributed by atoms with Crippen LogP contribution in [0, 0.1) is 0 Å². The summed E-state index contributed by atoms with van der Waals surface area (Å²) in [6, 6.07) is 12.5. The molecule has 3 heterocycles.